The summed E-state index contributed by atoms with van der Waals surface area (Å²) in [6.45, 7) is -0.115. The molecule has 2 aromatic rings. The Kier molecular flexibility index (Phi) is 3.80. The van der Waals surface area contributed by atoms with Crippen LogP contribution in [0.5, 0.6) is 0 Å². The van der Waals surface area contributed by atoms with Gasteiger partial charge in [0.15, 0.2) is 0 Å². The summed E-state index contributed by atoms with van der Waals surface area (Å²) < 4.78 is 38.5. The van der Waals surface area contributed by atoms with Crippen LogP contribution in [0.4, 0.5) is 13.2 Å². The number of rotatable bonds is 4. The number of fused-ring (bicyclic) bond motifs is 1. The van der Waals surface area contributed by atoms with Crippen LogP contribution in [0.3, 0.4) is 0 Å². The van der Waals surface area contributed by atoms with Crippen LogP contribution in [0.1, 0.15) is 12.2 Å². The van der Waals surface area contributed by atoms with Gasteiger partial charge in [-0.1, -0.05) is 12.1 Å². The smallest absolute Gasteiger partial charge is 0.328 e. The van der Waals surface area contributed by atoms with Gasteiger partial charge in [-0.25, -0.2) is 4.98 Å². The third-order valence-electron chi connectivity index (χ3n) is 2.67. The molecular formula is C12H12ClF3N2. The maximum Gasteiger partial charge on any atom is 0.390 e. The lowest BCUT2D eigenvalue weighted by molar-refractivity contribution is -0.136. The monoisotopic (exact) mass is 276 g/mol. The second-order valence-corrected chi connectivity index (χ2v) is 4.35. The quantitative estimate of drug-likeness (QED) is 0.777. The Morgan fingerprint density at radius 2 is 1.94 bits per heavy atom. The van der Waals surface area contributed by atoms with Gasteiger partial charge in [-0.2, -0.15) is 13.2 Å². The van der Waals surface area contributed by atoms with E-state index in [1.54, 1.807) is 22.8 Å². The fourth-order valence-corrected chi connectivity index (χ4v) is 2.06. The average molecular weight is 277 g/mol. The molecule has 0 aliphatic heterocycles. The van der Waals surface area contributed by atoms with E-state index >= 15 is 0 Å². The first-order valence-corrected chi connectivity index (χ1v) is 6.11. The number of hydrogen-bond acceptors (Lipinski definition) is 1. The van der Waals surface area contributed by atoms with Gasteiger partial charge in [-0.15, -0.1) is 11.6 Å². The van der Waals surface area contributed by atoms with Crippen LogP contribution in [0.25, 0.3) is 11.0 Å². The largest absolute Gasteiger partial charge is 0.390 e. The van der Waals surface area contributed by atoms with Gasteiger partial charge in [0.1, 0.15) is 5.82 Å². The van der Waals surface area contributed by atoms with Crippen LogP contribution < -0.4 is 0 Å². The highest BCUT2D eigenvalue weighted by molar-refractivity contribution is 6.17. The molecule has 1 heterocycles. The van der Waals surface area contributed by atoms with Crippen molar-refractivity contribution in [3.05, 3.63) is 30.1 Å². The minimum atomic E-state index is -4.16. The van der Waals surface area contributed by atoms with E-state index in [-0.39, 0.29) is 6.54 Å². The number of aromatic nitrogens is 2. The highest BCUT2D eigenvalue weighted by Gasteiger charge is 2.27. The SMILES string of the molecule is FC(F)(F)CCn1c(CCCl)nc2ccccc21. The molecule has 2 nitrogen and oxygen atoms in total. The normalized spacial score (nSPS) is 12.2. The van der Waals surface area contributed by atoms with E-state index in [1.807, 2.05) is 6.07 Å². The summed E-state index contributed by atoms with van der Waals surface area (Å²) in [5.41, 5.74) is 1.43. The zero-order valence-corrected chi connectivity index (χ0v) is 10.3. The van der Waals surface area contributed by atoms with Crippen LogP contribution in [0, 0.1) is 0 Å². The molecule has 18 heavy (non-hydrogen) atoms. The molecule has 0 aliphatic carbocycles. The fourth-order valence-electron chi connectivity index (χ4n) is 1.89. The molecule has 0 fully saturated rings. The van der Waals surface area contributed by atoms with Gasteiger partial charge < -0.3 is 4.57 Å². The molecule has 0 saturated carbocycles. The molecule has 6 heteroatoms. The zero-order valence-electron chi connectivity index (χ0n) is 9.54. The highest BCUT2D eigenvalue weighted by atomic mass is 35.5. The first kappa shape index (κ1) is 13.2. The van der Waals surface area contributed by atoms with Crippen LogP contribution in [0.15, 0.2) is 24.3 Å². The first-order valence-electron chi connectivity index (χ1n) is 5.58. The number of hydrogen-bond donors (Lipinski definition) is 0. The van der Waals surface area contributed by atoms with Crippen LogP contribution in [0.2, 0.25) is 0 Å². The number of benzene rings is 1. The summed E-state index contributed by atoms with van der Waals surface area (Å²) in [7, 11) is 0. The third kappa shape index (κ3) is 2.96. The van der Waals surface area contributed by atoms with Gasteiger partial charge in [-0.05, 0) is 12.1 Å². The van der Waals surface area contributed by atoms with Crippen molar-refractivity contribution in [1.82, 2.24) is 9.55 Å². The number of imidazole rings is 1. The van der Waals surface area contributed by atoms with E-state index in [0.29, 0.717) is 23.6 Å². The Balaban J connectivity index is 2.35. The molecule has 2 rings (SSSR count). The molecule has 0 bridgehead atoms. The van der Waals surface area contributed by atoms with Crippen LogP contribution in [-0.2, 0) is 13.0 Å². The van der Waals surface area contributed by atoms with Gasteiger partial charge in [0.25, 0.3) is 0 Å². The Hall–Kier alpha value is -1.23. The molecule has 0 spiro atoms. The summed E-state index contributed by atoms with van der Waals surface area (Å²) in [5, 5.41) is 0. The molecule has 0 amide bonds. The molecule has 0 aliphatic rings. The van der Waals surface area contributed by atoms with Crippen LogP contribution >= 0.6 is 11.6 Å². The zero-order chi connectivity index (χ0) is 13.2. The molecule has 1 aromatic carbocycles. The predicted octanol–water partition coefficient (Wildman–Crippen LogP) is 3.77. The molecule has 0 N–H and O–H groups in total. The molecule has 0 radical (unpaired) electrons. The summed E-state index contributed by atoms with van der Waals surface area (Å²) >= 11 is 5.65. The highest BCUT2D eigenvalue weighted by Crippen LogP contribution is 2.23. The molecular weight excluding hydrogens is 265 g/mol. The lowest BCUT2D eigenvalue weighted by atomic mass is 10.3. The number of aryl methyl sites for hydroxylation is 2. The number of para-hydroxylation sites is 2. The van der Waals surface area contributed by atoms with E-state index in [1.165, 1.54) is 0 Å². The van der Waals surface area contributed by atoms with Crippen molar-refractivity contribution in [3.8, 4) is 0 Å². The van der Waals surface area contributed by atoms with Gasteiger partial charge in [-0.3, -0.25) is 0 Å². The summed E-state index contributed by atoms with van der Waals surface area (Å²) in [6.07, 6.45) is -4.56. The lowest BCUT2D eigenvalue weighted by Crippen LogP contribution is -2.14. The van der Waals surface area contributed by atoms with Crippen molar-refractivity contribution in [2.45, 2.75) is 25.6 Å². The lowest BCUT2D eigenvalue weighted by Gasteiger charge is -2.10. The van der Waals surface area contributed by atoms with Crippen molar-refractivity contribution in [2.75, 3.05) is 5.88 Å². The van der Waals surface area contributed by atoms with Gasteiger partial charge in [0.2, 0.25) is 0 Å². The Morgan fingerprint density at radius 3 is 2.61 bits per heavy atom. The van der Waals surface area contributed by atoms with Crippen molar-refractivity contribution < 1.29 is 13.2 Å². The molecule has 0 saturated heterocycles. The summed E-state index contributed by atoms with van der Waals surface area (Å²) in [4.78, 5) is 4.31. The molecule has 0 atom stereocenters. The average Bonchev–Trinajstić information content (AvgIpc) is 2.63. The topological polar surface area (TPSA) is 17.8 Å². The van der Waals surface area contributed by atoms with E-state index in [4.69, 9.17) is 11.6 Å². The first-order chi connectivity index (χ1) is 8.51. The van der Waals surface area contributed by atoms with E-state index in [0.717, 1.165) is 5.52 Å². The predicted molar refractivity (Wildman–Crippen MR) is 64.8 cm³/mol. The van der Waals surface area contributed by atoms with Gasteiger partial charge in [0, 0.05) is 18.8 Å². The second-order valence-electron chi connectivity index (χ2n) is 3.97. The minimum Gasteiger partial charge on any atom is -0.328 e. The number of alkyl halides is 4. The minimum absolute atomic E-state index is 0.115. The van der Waals surface area contributed by atoms with Crippen molar-refractivity contribution in [1.29, 1.82) is 0 Å². The van der Waals surface area contributed by atoms with Crippen molar-refractivity contribution >= 4 is 22.6 Å². The van der Waals surface area contributed by atoms with Gasteiger partial charge in [0.05, 0.1) is 17.5 Å². The second kappa shape index (κ2) is 5.18. The van der Waals surface area contributed by atoms with Crippen molar-refractivity contribution in [3.63, 3.8) is 0 Å². The number of nitrogens with zero attached hydrogens (tertiary/aromatic N) is 2. The van der Waals surface area contributed by atoms with E-state index in [9.17, 15) is 13.2 Å². The molecule has 1 aromatic heterocycles. The Bertz CT molecular complexity index is 534. The maximum atomic E-state index is 12.3. The van der Waals surface area contributed by atoms with Crippen LogP contribution in [-0.4, -0.2) is 21.6 Å². The van der Waals surface area contributed by atoms with Crippen molar-refractivity contribution in [2.24, 2.45) is 0 Å². The maximum absolute atomic E-state index is 12.3. The molecule has 98 valence electrons. The Labute approximate surface area is 107 Å². The third-order valence-corrected chi connectivity index (χ3v) is 2.86. The van der Waals surface area contributed by atoms with E-state index in [2.05, 4.69) is 4.98 Å². The summed E-state index contributed by atoms with van der Waals surface area (Å²) in [6, 6.07) is 7.17. The number of halogens is 4. The summed E-state index contributed by atoms with van der Waals surface area (Å²) in [5.74, 6) is 0.949. The standard InChI is InChI=1S/C12H12ClF3N2/c13-7-5-11-17-9-3-1-2-4-10(9)18(11)8-6-12(14,15)16/h1-4H,5-8H2. The Morgan fingerprint density at radius 1 is 1.22 bits per heavy atom. The van der Waals surface area contributed by atoms with Gasteiger partial charge >= 0.3 is 6.18 Å². The van der Waals surface area contributed by atoms with E-state index < -0.39 is 12.6 Å². The molecule has 0 unspecified atom stereocenters. The fraction of sp³-hybridized carbons (Fsp3) is 0.417.